The minimum absolute atomic E-state index is 0.210. The van der Waals surface area contributed by atoms with Gasteiger partial charge in [0, 0.05) is 11.1 Å². The van der Waals surface area contributed by atoms with Crippen molar-refractivity contribution in [1.29, 1.82) is 0 Å². The van der Waals surface area contributed by atoms with E-state index < -0.39 is 0 Å². The van der Waals surface area contributed by atoms with E-state index in [9.17, 15) is 4.79 Å². The van der Waals surface area contributed by atoms with Gasteiger partial charge in [0.15, 0.2) is 0 Å². The lowest BCUT2D eigenvalue weighted by atomic mass is 10.2. The van der Waals surface area contributed by atoms with E-state index in [1.807, 2.05) is 67.6 Å². The monoisotopic (exact) mass is 378 g/mol. The Morgan fingerprint density at radius 1 is 0.846 bits per heavy atom. The summed E-state index contributed by atoms with van der Waals surface area (Å²) in [5, 5.41) is 13.1. The molecule has 0 atom stereocenters. The van der Waals surface area contributed by atoms with Crippen LogP contribution in [-0.2, 0) is 0 Å². The molecular weight excluding hydrogens is 364 g/mol. The Bertz CT molecular complexity index is 1040. The zero-order valence-electron chi connectivity index (χ0n) is 13.8. The summed E-state index contributed by atoms with van der Waals surface area (Å²) in [6, 6.07) is 19.6. The average Bonchev–Trinajstić information content (AvgIpc) is 3.30. The van der Waals surface area contributed by atoms with E-state index in [0.717, 1.165) is 21.1 Å². The van der Waals surface area contributed by atoms with Crippen LogP contribution in [0.1, 0.15) is 15.4 Å². The number of carbonyl (C=O) groups excluding carboxylic acids is 1. The molecule has 26 heavy (non-hydrogen) atoms. The van der Waals surface area contributed by atoms with Crippen LogP contribution in [0.4, 0.5) is 5.13 Å². The third-order valence-electron chi connectivity index (χ3n) is 3.69. The van der Waals surface area contributed by atoms with Crippen LogP contribution in [-0.4, -0.2) is 21.1 Å². The first-order valence-electron chi connectivity index (χ1n) is 7.94. The fourth-order valence-corrected chi connectivity index (χ4v) is 4.15. The fraction of sp³-hybridized carbons (Fsp3) is 0.0526. The first-order chi connectivity index (χ1) is 12.7. The molecule has 4 aromatic rings. The van der Waals surface area contributed by atoms with E-state index in [1.54, 1.807) is 0 Å². The molecule has 7 heteroatoms. The van der Waals surface area contributed by atoms with Crippen molar-refractivity contribution in [1.82, 2.24) is 15.2 Å². The highest BCUT2D eigenvalue weighted by atomic mass is 32.1. The SMILES string of the molecule is Cc1nc(-c2ccccc2)sc1C(=O)Nc1nnc(-c2ccccc2)s1. The van der Waals surface area contributed by atoms with Crippen molar-refractivity contribution in [2.75, 3.05) is 5.32 Å². The molecule has 1 amide bonds. The summed E-state index contributed by atoms with van der Waals surface area (Å²) >= 11 is 2.72. The minimum atomic E-state index is -0.210. The van der Waals surface area contributed by atoms with Gasteiger partial charge in [-0.05, 0) is 6.92 Å². The highest BCUT2D eigenvalue weighted by Crippen LogP contribution is 2.30. The zero-order chi connectivity index (χ0) is 17.9. The van der Waals surface area contributed by atoms with Crippen LogP contribution < -0.4 is 5.32 Å². The van der Waals surface area contributed by atoms with Crippen molar-refractivity contribution < 1.29 is 4.79 Å². The Morgan fingerprint density at radius 2 is 1.46 bits per heavy atom. The molecule has 1 N–H and O–H groups in total. The molecule has 0 radical (unpaired) electrons. The number of amides is 1. The number of nitrogens with zero attached hydrogens (tertiary/aromatic N) is 3. The van der Waals surface area contributed by atoms with Crippen LogP contribution in [0, 0.1) is 6.92 Å². The van der Waals surface area contributed by atoms with Gasteiger partial charge >= 0.3 is 0 Å². The Morgan fingerprint density at radius 3 is 2.12 bits per heavy atom. The molecule has 0 aliphatic rings. The summed E-state index contributed by atoms with van der Waals surface area (Å²) in [5.74, 6) is -0.210. The van der Waals surface area contributed by atoms with E-state index in [4.69, 9.17) is 0 Å². The van der Waals surface area contributed by atoms with E-state index >= 15 is 0 Å². The van der Waals surface area contributed by atoms with Gasteiger partial charge in [-0.25, -0.2) is 4.98 Å². The van der Waals surface area contributed by atoms with Gasteiger partial charge in [0.05, 0.1) is 5.69 Å². The Hall–Kier alpha value is -2.90. The third kappa shape index (κ3) is 3.40. The molecule has 0 aliphatic heterocycles. The third-order valence-corrected chi connectivity index (χ3v) is 5.78. The summed E-state index contributed by atoms with van der Waals surface area (Å²) in [7, 11) is 0. The smallest absolute Gasteiger partial charge is 0.269 e. The Kier molecular flexibility index (Phi) is 4.55. The maximum Gasteiger partial charge on any atom is 0.269 e. The molecule has 4 rings (SSSR count). The van der Waals surface area contributed by atoms with Gasteiger partial charge in [-0.1, -0.05) is 72.0 Å². The van der Waals surface area contributed by atoms with Crippen molar-refractivity contribution in [3.05, 3.63) is 71.2 Å². The van der Waals surface area contributed by atoms with Crippen molar-refractivity contribution in [3.63, 3.8) is 0 Å². The fourth-order valence-electron chi connectivity index (χ4n) is 2.44. The molecule has 0 aliphatic carbocycles. The van der Waals surface area contributed by atoms with Crippen molar-refractivity contribution >= 4 is 33.7 Å². The number of hydrogen-bond donors (Lipinski definition) is 1. The lowest BCUT2D eigenvalue weighted by Crippen LogP contribution is -2.11. The van der Waals surface area contributed by atoms with Gasteiger partial charge in [-0.15, -0.1) is 21.5 Å². The molecule has 2 aromatic carbocycles. The number of aryl methyl sites for hydroxylation is 1. The van der Waals surface area contributed by atoms with Crippen LogP contribution in [0.25, 0.3) is 21.1 Å². The minimum Gasteiger partial charge on any atom is -0.296 e. The van der Waals surface area contributed by atoms with Crippen molar-refractivity contribution in [2.24, 2.45) is 0 Å². The molecule has 0 saturated heterocycles. The molecule has 0 spiro atoms. The first-order valence-corrected chi connectivity index (χ1v) is 9.57. The van der Waals surface area contributed by atoms with Gasteiger partial charge in [0.25, 0.3) is 5.91 Å². The van der Waals surface area contributed by atoms with Crippen molar-refractivity contribution in [3.8, 4) is 21.1 Å². The number of benzene rings is 2. The second kappa shape index (κ2) is 7.15. The molecular formula is C19H14N4OS2. The zero-order valence-corrected chi connectivity index (χ0v) is 15.5. The summed E-state index contributed by atoms with van der Waals surface area (Å²) in [4.78, 5) is 17.7. The topological polar surface area (TPSA) is 67.8 Å². The van der Waals surface area contributed by atoms with Gasteiger partial charge in [-0.3, -0.25) is 10.1 Å². The van der Waals surface area contributed by atoms with Gasteiger partial charge < -0.3 is 0 Å². The number of anilines is 1. The quantitative estimate of drug-likeness (QED) is 0.549. The van der Waals surface area contributed by atoms with Gasteiger partial charge in [0.2, 0.25) is 5.13 Å². The number of hydrogen-bond acceptors (Lipinski definition) is 6. The second-order valence-corrected chi connectivity index (χ2v) is 7.51. The van der Waals surface area contributed by atoms with Gasteiger partial charge in [-0.2, -0.15) is 0 Å². The molecule has 0 unspecified atom stereocenters. The predicted molar refractivity (Wildman–Crippen MR) is 106 cm³/mol. The van der Waals surface area contributed by atoms with Crippen LogP contribution in [0.5, 0.6) is 0 Å². The summed E-state index contributed by atoms with van der Waals surface area (Å²) < 4.78 is 0. The van der Waals surface area contributed by atoms with Crippen LogP contribution in [0.15, 0.2) is 60.7 Å². The van der Waals surface area contributed by atoms with Crippen LogP contribution in [0.2, 0.25) is 0 Å². The number of aromatic nitrogens is 3. The molecule has 5 nitrogen and oxygen atoms in total. The lowest BCUT2D eigenvalue weighted by Gasteiger charge is -1.98. The van der Waals surface area contributed by atoms with E-state index in [1.165, 1.54) is 22.7 Å². The summed E-state index contributed by atoms with van der Waals surface area (Å²) in [5.41, 5.74) is 2.69. The Balaban J connectivity index is 1.54. The summed E-state index contributed by atoms with van der Waals surface area (Å²) in [6.45, 7) is 1.84. The van der Waals surface area contributed by atoms with E-state index in [0.29, 0.717) is 15.7 Å². The molecule has 0 saturated carbocycles. The number of rotatable bonds is 4. The maximum absolute atomic E-state index is 12.6. The highest BCUT2D eigenvalue weighted by molar-refractivity contribution is 7.19. The highest BCUT2D eigenvalue weighted by Gasteiger charge is 2.18. The largest absolute Gasteiger partial charge is 0.296 e. The number of carbonyl (C=O) groups is 1. The maximum atomic E-state index is 12.6. The van der Waals surface area contributed by atoms with Gasteiger partial charge in [0.1, 0.15) is 14.9 Å². The number of nitrogens with one attached hydrogen (secondary N) is 1. The normalized spacial score (nSPS) is 10.7. The van der Waals surface area contributed by atoms with Crippen LogP contribution in [0.3, 0.4) is 0 Å². The van der Waals surface area contributed by atoms with Crippen LogP contribution >= 0.6 is 22.7 Å². The molecule has 128 valence electrons. The van der Waals surface area contributed by atoms with E-state index in [-0.39, 0.29) is 5.91 Å². The first kappa shape index (κ1) is 16.6. The predicted octanol–water partition coefficient (Wildman–Crippen LogP) is 4.89. The second-order valence-electron chi connectivity index (χ2n) is 5.53. The molecule has 2 heterocycles. The molecule has 2 aromatic heterocycles. The Labute approximate surface area is 158 Å². The van der Waals surface area contributed by atoms with Crippen molar-refractivity contribution in [2.45, 2.75) is 6.92 Å². The van der Waals surface area contributed by atoms with E-state index in [2.05, 4.69) is 20.5 Å². The standard InChI is InChI=1S/C19H14N4OS2/c1-12-15(25-17(20-12)13-8-4-2-5-9-13)16(24)21-19-23-22-18(26-19)14-10-6-3-7-11-14/h2-11H,1H3,(H,21,23,24). The average molecular weight is 378 g/mol. The lowest BCUT2D eigenvalue weighted by molar-refractivity contribution is 0.102. The molecule has 0 bridgehead atoms. The number of thiazole rings is 1. The summed E-state index contributed by atoms with van der Waals surface area (Å²) in [6.07, 6.45) is 0. The molecule has 0 fully saturated rings.